The third-order valence-corrected chi connectivity index (χ3v) is 3.71. The van der Waals surface area contributed by atoms with Crippen molar-refractivity contribution in [3.05, 3.63) is 41.5 Å². The van der Waals surface area contributed by atoms with Gasteiger partial charge in [0.15, 0.2) is 0 Å². The van der Waals surface area contributed by atoms with Crippen molar-refractivity contribution in [1.82, 2.24) is 14.8 Å². The first-order chi connectivity index (χ1) is 9.60. The summed E-state index contributed by atoms with van der Waals surface area (Å²) in [5, 5.41) is 12.4. The molecule has 0 aliphatic rings. The van der Waals surface area contributed by atoms with Gasteiger partial charge in [0.25, 0.3) is 15.2 Å². The first-order valence-electron chi connectivity index (χ1n) is 6.31. The number of sulfonamides is 1. The molecule has 0 saturated carbocycles. The van der Waals surface area contributed by atoms with Gasteiger partial charge in [0.1, 0.15) is 11.6 Å². The summed E-state index contributed by atoms with van der Waals surface area (Å²) < 4.78 is 38.4. The fraction of sp³-hybridized carbons (Fsp3) is 0.385. The Hall–Kier alpha value is -1.80. The van der Waals surface area contributed by atoms with E-state index in [2.05, 4.69) is 10.2 Å². The second-order valence-electron chi connectivity index (χ2n) is 5.72. The molecule has 0 spiro atoms. The van der Waals surface area contributed by atoms with Gasteiger partial charge in [0.2, 0.25) is 0 Å². The standard InChI is InChI=1S/C13H17FN4O2S/c1-13(2,3)18-11(16-17-12(18)21(15,19)20)8-9-6-4-5-7-10(9)14/h4-7H,8H2,1-3H3,(H2,15,19,20). The van der Waals surface area contributed by atoms with Crippen LogP contribution in [-0.2, 0) is 22.0 Å². The van der Waals surface area contributed by atoms with Gasteiger partial charge in [0.05, 0.1) is 0 Å². The molecule has 0 bridgehead atoms. The Labute approximate surface area is 122 Å². The number of halogens is 1. The number of hydrogen-bond acceptors (Lipinski definition) is 4. The zero-order valence-corrected chi connectivity index (χ0v) is 12.9. The molecular weight excluding hydrogens is 295 g/mol. The second kappa shape index (κ2) is 5.19. The molecule has 0 saturated heterocycles. The summed E-state index contributed by atoms with van der Waals surface area (Å²) in [5.41, 5.74) is -0.192. The van der Waals surface area contributed by atoms with Crippen molar-refractivity contribution in [2.45, 2.75) is 37.9 Å². The molecular formula is C13H17FN4O2S. The highest BCUT2D eigenvalue weighted by Crippen LogP contribution is 2.23. The molecule has 0 amide bonds. The van der Waals surface area contributed by atoms with Crippen LogP contribution >= 0.6 is 0 Å². The van der Waals surface area contributed by atoms with Crippen molar-refractivity contribution in [3.8, 4) is 0 Å². The largest absolute Gasteiger partial charge is 0.295 e. The minimum atomic E-state index is -4.00. The van der Waals surface area contributed by atoms with Crippen LogP contribution in [0.15, 0.2) is 29.4 Å². The van der Waals surface area contributed by atoms with E-state index in [9.17, 15) is 12.8 Å². The van der Waals surface area contributed by atoms with E-state index >= 15 is 0 Å². The lowest BCUT2D eigenvalue weighted by Crippen LogP contribution is -2.30. The fourth-order valence-electron chi connectivity index (χ4n) is 2.09. The molecule has 1 heterocycles. The van der Waals surface area contributed by atoms with Crippen LogP contribution in [0.2, 0.25) is 0 Å². The molecule has 0 fully saturated rings. The molecule has 0 radical (unpaired) electrons. The molecule has 114 valence electrons. The summed E-state index contributed by atoms with van der Waals surface area (Å²) >= 11 is 0. The van der Waals surface area contributed by atoms with Gasteiger partial charge in [-0.25, -0.2) is 17.9 Å². The molecule has 1 aromatic carbocycles. The van der Waals surface area contributed by atoms with Crippen LogP contribution < -0.4 is 5.14 Å². The maximum Gasteiger partial charge on any atom is 0.273 e. The maximum absolute atomic E-state index is 13.7. The third kappa shape index (κ3) is 3.27. The predicted octanol–water partition coefficient (Wildman–Crippen LogP) is 1.41. The van der Waals surface area contributed by atoms with E-state index in [1.807, 2.05) is 0 Å². The first-order valence-corrected chi connectivity index (χ1v) is 7.86. The SMILES string of the molecule is CC(C)(C)n1c(Cc2ccccc2F)nnc1S(N)(=O)=O. The minimum absolute atomic E-state index is 0.131. The van der Waals surface area contributed by atoms with Crippen LogP contribution in [-0.4, -0.2) is 23.2 Å². The van der Waals surface area contributed by atoms with Gasteiger partial charge < -0.3 is 0 Å². The zero-order valence-electron chi connectivity index (χ0n) is 12.0. The van der Waals surface area contributed by atoms with E-state index < -0.39 is 15.6 Å². The molecule has 2 aromatic rings. The van der Waals surface area contributed by atoms with E-state index in [-0.39, 0.29) is 17.4 Å². The summed E-state index contributed by atoms with van der Waals surface area (Å²) in [4.78, 5) is 0. The van der Waals surface area contributed by atoms with Crippen molar-refractivity contribution >= 4 is 10.0 Å². The predicted molar refractivity (Wildman–Crippen MR) is 75.6 cm³/mol. The Morgan fingerprint density at radius 1 is 1.24 bits per heavy atom. The Morgan fingerprint density at radius 3 is 2.38 bits per heavy atom. The summed E-state index contributed by atoms with van der Waals surface area (Å²) in [7, 11) is -4.00. The summed E-state index contributed by atoms with van der Waals surface area (Å²) in [6.07, 6.45) is 0.131. The van der Waals surface area contributed by atoms with Crippen molar-refractivity contribution in [2.24, 2.45) is 5.14 Å². The number of benzene rings is 1. The lowest BCUT2D eigenvalue weighted by molar-refractivity contribution is 0.351. The van der Waals surface area contributed by atoms with Crippen LogP contribution in [0.3, 0.4) is 0 Å². The van der Waals surface area contributed by atoms with Gasteiger partial charge in [0, 0.05) is 12.0 Å². The van der Waals surface area contributed by atoms with Gasteiger partial charge in [-0.1, -0.05) is 18.2 Å². The maximum atomic E-state index is 13.7. The Morgan fingerprint density at radius 2 is 1.86 bits per heavy atom. The van der Waals surface area contributed by atoms with Crippen LogP contribution in [0, 0.1) is 5.82 Å². The lowest BCUT2D eigenvalue weighted by Gasteiger charge is -2.24. The lowest BCUT2D eigenvalue weighted by atomic mass is 10.1. The zero-order chi connectivity index (χ0) is 15.8. The molecule has 0 aliphatic heterocycles. The van der Waals surface area contributed by atoms with Gasteiger partial charge >= 0.3 is 0 Å². The molecule has 6 nitrogen and oxygen atoms in total. The monoisotopic (exact) mass is 312 g/mol. The highest BCUT2D eigenvalue weighted by atomic mass is 32.2. The fourth-order valence-corrected chi connectivity index (χ4v) is 2.87. The Kier molecular flexibility index (Phi) is 3.85. The van der Waals surface area contributed by atoms with Crippen LogP contribution in [0.5, 0.6) is 0 Å². The minimum Gasteiger partial charge on any atom is -0.295 e. The first kappa shape index (κ1) is 15.6. The van der Waals surface area contributed by atoms with Crippen LogP contribution in [0.25, 0.3) is 0 Å². The van der Waals surface area contributed by atoms with Gasteiger partial charge in [-0.2, -0.15) is 0 Å². The van der Waals surface area contributed by atoms with Crippen molar-refractivity contribution in [2.75, 3.05) is 0 Å². The Balaban J connectivity index is 2.56. The molecule has 0 unspecified atom stereocenters. The van der Waals surface area contributed by atoms with Crippen LogP contribution in [0.4, 0.5) is 4.39 Å². The summed E-state index contributed by atoms with van der Waals surface area (Å²) in [5.74, 6) is -0.0326. The van der Waals surface area contributed by atoms with Crippen molar-refractivity contribution < 1.29 is 12.8 Å². The van der Waals surface area contributed by atoms with Gasteiger partial charge in [-0.15, -0.1) is 10.2 Å². The highest BCUT2D eigenvalue weighted by molar-refractivity contribution is 7.89. The number of aromatic nitrogens is 3. The smallest absolute Gasteiger partial charge is 0.273 e. The van der Waals surface area contributed by atoms with Crippen molar-refractivity contribution in [1.29, 1.82) is 0 Å². The molecule has 1 aromatic heterocycles. The molecule has 2 N–H and O–H groups in total. The average molecular weight is 312 g/mol. The highest BCUT2D eigenvalue weighted by Gasteiger charge is 2.28. The van der Waals surface area contributed by atoms with Gasteiger partial charge in [-0.05, 0) is 32.4 Å². The average Bonchev–Trinajstić information content (AvgIpc) is 2.75. The van der Waals surface area contributed by atoms with E-state index in [1.54, 1.807) is 39.0 Å². The number of hydrogen-bond donors (Lipinski definition) is 1. The van der Waals surface area contributed by atoms with E-state index in [1.165, 1.54) is 10.6 Å². The van der Waals surface area contributed by atoms with Gasteiger partial charge in [-0.3, -0.25) is 4.57 Å². The molecule has 8 heteroatoms. The number of rotatable bonds is 3. The van der Waals surface area contributed by atoms with Crippen LogP contribution in [0.1, 0.15) is 32.2 Å². The van der Waals surface area contributed by atoms with Crippen molar-refractivity contribution in [3.63, 3.8) is 0 Å². The third-order valence-electron chi connectivity index (χ3n) is 2.93. The molecule has 21 heavy (non-hydrogen) atoms. The molecule has 0 aliphatic carbocycles. The summed E-state index contributed by atoms with van der Waals surface area (Å²) in [6.45, 7) is 5.40. The summed E-state index contributed by atoms with van der Waals surface area (Å²) in [6, 6.07) is 6.25. The molecule has 2 rings (SSSR count). The normalized spacial score (nSPS) is 12.6. The Bertz CT molecular complexity index is 763. The van der Waals surface area contributed by atoms with E-state index in [0.29, 0.717) is 11.4 Å². The quantitative estimate of drug-likeness (QED) is 0.927. The topological polar surface area (TPSA) is 90.9 Å². The second-order valence-corrected chi connectivity index (χ2v) is 7.17. The molecule has 0 atom stereocenters. The number of nitrogens with two attached hydrogens (primary N) is 1. The van der Waals surface area contributed by atoms with E-state index in [4.69, 9.17) is 5.14 Å². The van der Waals surface area contributed by atoms with E-state index in [0.717, 1.165) is 0 Å². The number of primary sulfonamides is 1. The number of nitrogens with zero attached hydrogens (tertiary/aromatic N) is 3.